The van der Waals surface area contributed by atoms with Gasteiger partial charge in [0.05, 0.1) is 44.1 Å². The predicted molar refractivity (Wildman–Crippen MR) is 114 cm³/mol. The molecule has 0 bridgehead atoms. The highest BCUT2D eigenvalue weighted by atomic mass is 19.1. The Bertz CT molecular complexity index is 946. The summed E-state index contributed by atoms with van der Waals surface area (Å²) in [6, 6.07) is 5.64. The van der Waals surface area contributed by atoms with Gasteiger partial charge in [-0.3, -0.25) is 14.6 Å². The van der Waals surface area contributed by atoms with Crippen molar-refractivity contribution >= 4 is 11.8 Å². The molecule has 176 valence electrons. The third-order valence-corrected chi connectivity index (χ3v) is 5.84. The molecular weight excluding hydrogens is 431 g/mol. The molecule has 0 saturated carbocycles. The first-order chi connectivity index (χ1) is 16.0. The molecule has 2 saturated heterocycles. The van der Waals surface area contributed by atoms with E-state index in [9.17, 15) is 19.1 Å². The number of hydrogen-bond donors (Lipinski definition) is 2. The van der Waals surface area contributed by atoms with E-state index in [1.54, 1.807) is 17.0 Å². The van der Waals surface area contributed by atoms with Gasteiger partial charge in [0.15, 0.2) is 0 Å². The maximum atomic E-state index is 13.1. The Labute approximate surface area is 190 Å². The number of nitrogens with zero attached hydrogens (tertiary/aromatic N) is 3. The van der Waals surface area contributed by atoms with Gasteiger partial charge in [-0.1, -0.05) is 12.1 Å². The normalized spacial score (nSPS) is 25.5. The molecule has 2 amide bonds. The number of carbonyl (C=O) groups excluding carboxylic acids is 2. The summed E-state index contributed by atoms with van der Waals surface area (Å²) in [5.41, 5.74) is 1.01. The van der Waals surface area contributed by atoms with Gasteiger partial charge in [0.25, 0.3) is 5.91 Å². The van der Waals surface area contributed by atoms with Gasteiger partial charge in [0, 0.05) is 25.5 Å². The van der Waals surface area contributed by atoms with E-state index in [-0.39, 0.29) is 61.7 Å². The summed E-state index contributed by atoms with van der Waals surface area (Å²) in [6.45, 7) is 0.696. The zero-order valence-electron chi connectivity index (χ0n) is 18.1. The zero-order valence-corrected chi connectivity index (χ0v) is 18.1. The second-order valence-electron chi connectivity index (χ2n) is 8.29. The van der Waals surface area contributed by atoms with Crippen molar-refractivity contribution in [3.05, 3.63) is 59.9 Å². The molecule has 0 aliphatic carbocycles. The van der Waals surface area contributed by atoms with Gasteiger partial charge in [0.2, 0.25) is 5.91 Å². The van der Waals surface area contributed by atoms with Crippen molar-refractivity contribution in [1.82, 2.24) is 20.2 Å². The molecule has 1 aromatic carbocycles. The lowest BCUT2D eigenvalue weighted by Crippen LogP contribution is -2.57. The number of amides is 2. The predicted octanol–water partition coefficient (Wildman–Crippen LogP) is 1.07. The van der Waals surface area contributed by atoms with E-state index in [4.69, 9.17) is 9.47 Å². The van der Waals surface area contributed by atoms with E-state index in [0.717, 1.165) is 5.56 Å². The number of nitrogens with one attached hydrogen (secondary N) is 1. The summed E-state index contributed by atoms with van der Waals surface area (Å²) in [4.78, 5) is 35.2. The number of ether oxygens (including phenoxy) is 2. The molecule has 2 aliphatic rings. The van der Waals surface area contributed by atoms with Crippen molar-refractivity contribution in [3.63, 3.8) is 0 Å². The third-order valence-electron chi connectivity index (χ3n) is 5.84. The lowest BCUT2D eigenvalue weighted by atomic mass is 9.94. The van der Waals surface area contributed by atoms with Crippen LogP contribution in [0.5, 0.6) is 0 Å². The Morgan fingerprint density at radius 3 is 2.76 bits per heavy atom. The molecule has 33 heavy (non-hydrogen) atoms. The second-order valence-corrected chi connectivity index (χ2v) is 8.29. The van der Waals surface area contributed by atoms with Crippen LogP contribution in [-0.2, 0) is 20.8 Å². The van der Waals surface area contributed by atoms with Gasteiger partial charge < -0.3 is 24.8 Å². The van der Waals surface area contributed by atoms with Crippen molar-refractivity contribution in [2.45, 2.75) is 50.2 Å². The number of β-amino-alcohol motifs (C(OH)–C–C–N with tert-alkyl or cyclic N) is 1. The van der Waals surface area contributed by atoms with Crippen LogP contribution in [0.3, 0.4) is 0 Å². The fourth-order valence-corrected chi connectivity index (χ4v) is 4.21. The summed E-state index contributed by atoms with van der Waals surface area (Å²) in [5, 5.41) is 13.1. The molecule has 0 unspecified atom stereocenters. The van der Waals surface area contributed by atoms with Crippen molar-refractivity contribution in [2.75, 3.05) is 19.8 Å². The minimum atomic E-state index is -0.818. The number of aromatic nitrogens is 2. The topological polar surface area (TPSA) is 114 Å². The molecular formula is C23H27FN4O5. The van der Waals surface area contributed by atoms with Gasteiger partial charge in [-0.15, -0.1) is 0 Å². The fraction of sp³-hybridized carbons (Fsp3) is 0.478. The third kappa shape index (κ3) is 6.10. The summed E-state index contributed by atoms with van der Waals surface area (Å²) in [6.07, 6.45) is 4.12. The monoisotopic (exact) mass is 458 g/mol. The number of hydrogen-bond acceptors (Lipinski definition) is 7. The average molecular weight is 458 g/mol. The Morgan fingerprint density at radius 2 is 2.00 bits per heavy atom. The van der Waals surface area contributed by atoms with Gasteiger partial charge in [-0.05, 0) is 30.5 Å². The summed E-state index contributed by atoms with van der Waals surface area (Å²) in [7, 11) is 0. The number of aliphatic hydroxyl groups is 1. The van der Waals surface area contributed by atoms with E-state index in [2.05, 4.69) is 15.3 Å². The van der Waals surface area contributed by atoms with Crippen molar-refractivity contribution in [3.8, 4) is 0 Å². The Hall–Kier alpha value is -2.95. The van der Waals surface area contributed by atoms with Gasteiger partial charge in [-0.25, -0.2) is 9.37 Å². The minimum Gasteiger partial charge on any atom is -0.389 e. The largest absolute Gasteiger partial charge is 0.389 e. The Balaban J connectivity index is 1.37. The Morgan fingerprint density at radius 1 is 1.18 bits per heavy atom. The van der Waals surface area contributed by atoms with E-state index >= 15 is 0 Å². The first-order valence-electron chi connectivity index (χ1n) is 11.0. The molecule has 2 aromatic rings. The van der Waals surface area contributed by atoms with Crippen LogP contribution in [0.4, 0.5) is 4.39 Å². The van der Waals surface area contributed by atoms with Crippen LogP contribution >= 0.6 is 0 Å². The molecule has 2 fully saturated rings. The zero-order chi connectivity index (χ0) is 23.2. The second kappa shape index (κ2) is 10.8. The van der Waals surface area contributed by atoms with E-state index in [1.807, 2.05) is 0 Å². The van der Waals surface area contributed by atoms with Crippen molar-refractivity contribution < 1.29 is 28.6 Å². The van der Waals surface area contributed by atoms with Crippen LogP contribution < -0.4 is 5.32 Å². The van der Waals surface area contributed by atoms with Crippen LogP contribution in [0.2, 0.25) is 0 Å². The first-order valence-corrected chi connectivity index (χ1v) is 11.0. The molecule has 0 spiro atoms. The summed E-state index contributed by atoms with van der Waals surface area (Å²) in [5.74, 6) is -0.813. The molecule has 4 atom stereocenters. The highest BCUT2D eigenvalue weighted by Crippen LogP contribution is 2.28. The van der Waals surface area contributed by atoms with Crippen molar-refractivity contribution in [2.24, 2.45) is 0 Å². The van der Waals surface area contributed by atoms with Crippen molar-refractivity contribution in [1.29, 1.82) is 0 Å². The summed E-state index contributed by atoms with van der Waals surface area (Å²) >= 11 is 0. The maximum absolute atomic E-state index is 13.1. The fourth-order valence-electron chi connectivity index (χ4n) is 4.21. The summed E-state index contributed by atoms with van der Waals surface area (Å²) < 4.78 is 24.8. The van der Waals surface area contributed by atoms with Crippen LogP contribution in [0, 0.1) is 5.82 Å². The standard InChI is InChI=1S/C23H27FN4O5/c24-16-3-1-15(2-4-16)10-27-22(30)9-18-5-6-20-21(33-18)14-32-13-17(29)12-28(20)23(31)19-11-25-7-8-26-19/h1-4,7-8,11,17-18,20-21,29H,5-6,9-10,12-14H2,(H,27,30)/t17-,18+,20+,21-/m1/s1. The van der Waals surface area contributed by atoms with Crippen LogP contribution in [-0.4, -0.2) is 75.9 Å². The number of carbonyl (C=O) groups is 2. The van der Waals surface area contributed by atoms with Gasteiger partial charge in [-0.2, -0.15) is 0 Å². The van der Waals surface area contributed by atoms with Crippen LogP contribution in [0.1, 0.15) is 35.3 Å². The number of fused-ring (bicyclic) bond motifs is 1. The molecule has 9 nitrogen and oxygen atoms in total. The number of aliphatic hydroxyl groups excluding tert-OH is 1. The maximum Gasteiger partial charge on any atom is 0.274 e. The smallest absolute Gasteiger partial charge is 0.274 e. The first kappa shape index (κ1) is 23.2. The van der Waals surface area contributed by atoms with Gasteiger partial charge >= 0.3 is 0 Å². The van der Waals surface area contributed by atoms with Crippen LogP contribution in [0.15, 0.2) is 42.9 Å². The van der Waals surface area contributed by atoms with E-state index in [1.165, 1.54) is 30.7 Å². The SMILES string of the molecule is O=C(C[C@@H]1CC[C@H]2[C@@H](COC[C@H](O)CN2C(=O)c2cnccn2)O1)NCc1ccc(F)cc1. The molecule has 1 aromatic heterocycles. The molecule has 3 heterocycles. The van der Waals surface area contributed by atoms with Gasteiger partial charge in [0.1, 0.15) is 17.6 Å². The number of rotatable bonds is 5. The Kier molecular flexibility index (Phi) is 7.58. The lowest BCUT2D eigenvalue weighted by molar-refractivity contribution is -0.151. The highest BCUT2D eigenvalue weighted by molar-refractivity contribution is 5.92. The van der Waals surface area contributed by atoms with E-state index < -0.39 is 12.2 Å². The highest BCUT2D eigenvalue weighted by Gasteiger charge is 2.40. The quantitative estimate of drug-likeness (QED) is 0.689. The lowest BCUT2D eigenvalue weighted by Gasteiger charge is -2.44. The number of benzene rings is 1. The minimum absolute atomic E-state index is 0.0830. The van der Waals surface area contributed by atoms with E-state index in [0.29, 0.717) is 19.4 Å². The molecule has 2 N–H and O–H groups in total. The average Bonchev–Trinajstić information content (AvgIpc) is 2.82. The van der Waals surface area contributed by atoms with Crippen LogP contribution in [0.25, 0.3) is 0 Å². The molecule has 4 rings (SSSR count). The number of halogens is 1. The molecule has 2 aliphatic heterocycles. The molecule has 0 radical (unpaired) electrons. The molecule has 10 heteroatoms.